The lowest BCUT2D eigenvalue weighted by molar-refractivity contribution is -0.141. The minimum absolute atomic E-state index is 0.0164. The predicted molar refractivity (Wildman–Crippen MR) is 90.0 cm³/mol. The van der Waals surface area contributed by atoms with Crippen molar-refractivity contribution in [1.29, 1.82) is 0 Å². The molecule has 3 aliphatic rings. The molecule has 1 N–H and O–H groups in total. The maximum absolute atomic E-state index is 12.9. The summed E-state index contributed by atoms with van der Waals surface area (Å²) in [4.78, 5) is 28.3. The highest BCUT2D eigenvalue weighted by Crippen LogP contribution is 2.49. The molecule has 2 aliphatic carbocycles. The smallest absolute Gasteiger partial charge is 0.317 e. The van der Waals surface area contributed by atoms with Crippen molar-refractivity contribution < 1.29 is 9.59 Å². The predicted octanol–water partition coefficient (Wildman–Crippen LogP) is 2.39. The molecule has 1 atom stereocenters. The van der Waals surface area contributed by atoms with Crippen molar-refractivity contribution in [2.45, 2.75) is 51.5 Å². The average Bonchev–Trinajstić information content (AvgIpc) is 2.91. The van der Waals surface area contributed by atoms with Gasteiger partial charge in [-0.1, -0.05) is 19.1 Å². The van der Waals surface area contributed by atoms with Crippen molar-refractivity contribution in [3.05, 3.63) is 12.2 Å². The Kier molecular flexibility index (Phi) is 4.15. The summed E-state index contributed by atoms with van der Waals surface area (Å²) in [6.07, 6.45) is 10.3. The lowest BCUT2D eigenvalue weighted by Crippen LogP contribution is -2.54. The van der Waals surface area contributed by atoms with Crippen LogP contribution < -0.4 is 5.32 Å². The Labute approximate surface area is 139 Å². The number of rotatable bonds is 2. The third-order valence-electron chi connectivity index (χ3n) is 5.93. The second kappa shape index (κ2) is 5.84. The molecule has 0 aromatic carbocycles. The molecule has 0 aromatic rings. The Morgan fingerprint density at radius 3 is 2.57 bits per heavy atom. The Morgan fingerprint density at radius 2 is 1.96 bits per heavy atom. The summed E-state index contributed by atoms with van der Waals surface area (Å²) in [5.74, 6) is 0.333. The topological polar surface area (TPSA) is 52.7 Å². The van der Waals surface area contributed by atoms with Gasteiger partial charge in [0.1, 0.15) is 0 Å². The first-order chi connectivity index (χ1) is 10.8. The first-order valence-electron chi connectivity index (χ1n) is 8.76. The molecule has 1 heterocycles. The number of allylic oxidation sites excluding steroid dienone is 2. The Hall–Kier alpha value is -1.52. The lowest BCUT2D eigenvalue weighted by atomic mass is 9.65. The number of likely N-dealkylation sites (tertiary alicyclic amines) is 1. The van der Waals surface area contributed by atoms with Gasteiger partial charge in [-0.05, 0) is 43.9 Å². The summed E-state index contributed by atoms with van der Waals surface area (Å²) >= 11 is 0. The molecule has 23 heavy (non-hydrogen) atoms. The normalized spacial score (nSPS) is 36.0. The fraction of sp³-hybridized carbons (Fsp3) is 0.778. The molecule has 1 saturated carbocycles. The summed E-state index contributed by atoms with van der Waals surface area (Å²) in [6, 6.07) is 0.255. The SMILES string of the molecule is CN(C)C(=O)NC1CC2(CCN(C(=O)C3(C)CC=CCC3)C2)C1. The van der Waals surface area contributed by atoms with Crippen LogP contribution in [0.3, 0.4) is 0 Å². The molecule has 1 saturated heterocycles. The standard InChI is InChI=1S/C18H29N3O2/c1-17(7-5-4-6-8-17)15(22)21-10-9-18(13-21)11-14(12-18)19-16(23)20(2)3/h4-5,14H,6-13H2,1-3H3,(H,19,23). The highest BCUT2D eigenvalue weighted by molar-refractivity contribution is 5.83. The molecule has 0 radical (unpaired) electrons. The number of amides is 3. The molecule has 5 heteroatoms. The van der Waals surface area contributed by atoms with E-state index in [0.717, 1.165) is 51.6 Å². The van der Waals surface area contributed by atoms with E-state index in [1.54, 1.807) is 19.0 Å². The van der Waals surface area contributed by atoms with Gasteiger partial charge >= 0.3 is 6.03 Å². The molecule has 0 aromatic heterocycles. The molecule has 5 nitrogen and oxygen atoms in total. The quantitative estimate of drug-likeness (QED) is 0.795. The van der Waals surface area contributed by atoms with Crippen molar-refractivity contribution in [3.8, 4) is 0 Å². The molecule has 1 spiro atoms. The Morgan fingerprint density at radius 1 is 1.22 bits per heavy atom. The monoisotopic (exact) mass is 319 g/mol. The zero-order valence-electron chi connectivity index (χ0n) is 14.6. The average molecular weight is 319 g/mol. The van der Waals surface area contributed by atoms with E-state index < -0.39 is 0 Å². The first-order valence-corrected chi connectivity index (χ1v) is 8.76. The summed E-state index contributed by atoms with van der Waals surface area (Å²) in [7, 11) is 3.53. The van der Waals surface area contributed by atoms with Gasteiger partial charge in [0.05, 0.1) is 5.41 Å². The van der Waals surface area contributed by atoms with Crippen LogP contribution in [-0.4, -0.2) is 55.0 Å². The van der Waals surface area contributed by atoms with Gasteiger partial charge in [-0.25, -0.2) is 4.79 Å². The van der Waals surface area contributed by atoms with Crippen LogP contribution in [-0.2, 0) is 4.79 Å². The maximum atomic E-state index is 12.9. The van der Waals surface area contributed by atoms with Gasteiger partial charge in [0.25, 0.3) is 0 Å². The van der Waals surface area contributed by atoms with E-state index in [-0.39, 0.29) is 22.9 Å². The summed E-state index contributed by atoms with van der Waals surface area (Å²) in [5.41, 5.74) is 0.0450. The third-order valence-corrected chi connectivity index (χ3v) is 5.93. The third kappa shape index (κ3) is 3.10. The second-order valence-electron chi connectivity index (χ2n) is 8.20. The summed E-state index contributed by atoms with van der Waals surface area (Å²) in [6.45, 7) is 3.87. The zero-order chi connectivity index (χ0) is 16.7. The van der Waals surface area contributed by atoms with E-state index in [9.17, 15) is 9.59 Å². The molecule has 1 aliphatic heterocycles. The number of hydrogen-bond donors (Lipinski definition) is 1. The fourth-order valence-corrected chi connectivity index (χ4v) is 4.37. The van der Waals surface area contributed by atoms with Crippen molar-refractivity contribution >= 4 is 11.9 Å². The minimum atomic E-state index is -0.206. The van der Waals surface area contributed by atoms with Crippen LogP contribution in [0.2, 0.25) is 0 Å². The van der Waals surface area contributed by atoms with Crippen LogP contribution >= 0.6 is 0 Å². The number of carbonyl (C=O) groups excluding carboxylic acids is 2. The van der Waals surface area contributed by atoms with Gasteiger partial charge in [0, 0.05) is 33.2 Å². The van der Waals surface area contributed by atoms with E-state index >= 15 is 0 Å². The van der Waals surface area contributed by atoms with Crippen molar-refractivity contribution in [3.63, 3.8) is 0 Å². The number of nitrogens with zero attached hydrogens (tertiary/aromatic N) is 2. The van der Waals surface area contributed by atoms with E-state index in [1.165, 1.54) is 0 Å². The van der Waals surface area contributed by atoms with Crippen LogP contribution in [0.4, 0.5) is 4.79 Å². The number of urea groups is 1. The fourth-order valence-electron chi connectivity index (χ4n) is 4.37. The molecular formula is C18H29N3O2. The second-order valence-corrected chi connectivity index (χ2v) is 8.20. The number of carbonyl (C=O) groups is 2. The first kappa shape index (κ1) is 16.3. The van der Waals surface area contributed by atoms with Gasteiger partial charge in [0.2, 0.25) is 5.91 Å². The molecular weight excluding hydrogens is 290 g/mol. The van der Waals surface area contributed by atoms with E-state index in [4.69, 9.17) is 0 Å². The van der Waals surface area contributed by atoms with Crippen LogP contribution in [0.15, 0.2) is 12.2 Å². The van der Waals surface area contributed by atoms with Gasteiger partial charge in [-0.3, -0.25) is 4.79 Å². The van der Waals surface area contributed by atoms with Gasteiger partial charge in [-0.15, -0.1) is 0 Å². The molecule has 128 valence electrons. The summed E-state index contributed by atoms with van der Waals surface area (Å²) in [5, 5.41) is 3.06. The number of nitrogens with one attached hydrogen (secondary N) is 1. The van der Waals surface area contributed by atoms with Crippen molar-refractivity contribution in [2.24, 2.45) is 10.8 Å². The largest absolute Gasteiger partial charge is 0.342 e. The molecule has 3 rings (SSSR count). The van der Waals surface area contributed by atoms with Gasteiger partial charge in [-0.2, -0.15) is 0 Å². The molecule has 3 amide bonds. The van der Waals surface area contributed by atoms with Crippen LogP contribution in [0, 0.1) is 10.8 Å². The highest BCUT2D eigenvalue weighted by atomic mass is 16.2. The maximum Gasteiger partial charge on any atom is 0.317 e. The zero-order valence-corrected chi connectivity index (χ0v) is 14.6. The molecule has 0 bridgehead atoms. The van der Waals surface area contributed by atoms with Crippen LogP contribution in [0.25, 0.3) is 0 Å². The molecule has 1 unspecified atom stereocenters. The van der Waals surface area contributed by atoms with Gasteiger partial charge in [0.15, 0.2) is 0 Å². The lowest BCUT2D eigenvalue weighted by Gasteiger charge is -2.46. The number of hydrogen-bond acceptors (Lipinski definition) is 2. The molecule has 2 fully saturated rings. The van der Waals surface area contributed by atoms with E-state index in [2.05, 4.69) is 29.3 Å². The minimum Gasteiger partial charge on any atom is -0.342 e. The van der Waals surface area contributed by atoms with E-state index in [1.807, 2.05) is 0 Å². The van der Waals surface area contributed by atoms with Gasteiger partial charge < -0.3 is 15.1 Å². The Bertz CT molecular complexity index is 522. The van der Waals surface area contributed by atoms with Crippen LogP contribution in [0.5, 0.6) is 0 Å². The van der Waals surface area contributed by atoms with Crippen molar-refractivity contribution in [1.82, 2.24) is 15.1 Å². The van der Waals surface area contributed by atoms with Crippen LogP contribution in [0.1, 0.15) is 45.4 Å². The Balaban J connectivity index is 1.53. The van der Waals surface area contributed by atoms with E-state index in [0.29, 0.717) is 5.91 Å². The highest BCUT2D eigenvalue weighted by Gasteiger charge is 2.51. The summed E-state index contributed by atoms with van der Waals surface area (Å²) < 4.78 is 0. The van der Waals surface area contributed by atoms with Crippen molar-refractivity contribution in [2.75, 3.05) is 27.2 Å².